The molecule has 0 radical (unpaired) electrons. The molecule has 2 N–H and O–H groups in total. The number of Topliss-reactive ketones (excluding diaryl/α,β-unsaturated/α-hetero) is 1. The molecule has 1 saturated heterocycles. The van der Waals surface area contributed by atoms with Gasteiger partial charge in [-0.3, -0.25) is 14.6 Å². The lowest BCUT2D eigenvalue weighted by molar-refractivity contribution is -0.125. The minimum atomic E-state index is -1.68. The van der Waals surface area contributed by atoms with Crippen molar-refractivity contribution in [2.75, 3.05) is 4.90 Å². The Labute approximate surface area is 195 Å². The number of halogens is 1. The van der Waals surface area contributed by atoms with Crippen LogP contribution in [0.5, 0.6) is 0 Å². The number of primary amides is 1. The molecule has 6 nitrogen and oxygen atoms in total. The Balaban J connectivity index is 1.80. The molecule has 0 unspecified atom stereocenters. The standard InChI is InChI=1S/C26H19ClN4O2/c27-19-10-7-17(8-11-19)24(32)23-22(18-5-3-13-30-14-18)26(15-28,25(29)33)21-12-9-16-4-1-2-6-20(16)31(21)23/h1-14,21-23H,(H2,29,33)/t21-,22+,23+,26+/m0/s1. The number of hydrogen-bond acceptors (Lipinski definition) is 5. The molecule has 1 aromatic heterocycles. The maximum atomic E-state index is 14.0. The molecule has 7 heteroatoms. The lowest BCUT2D eigenvalue weighted by atomic mass is 9.68. The molecule has 162 valence electrons. The summed E-state index contributed by atoms with van der Waals surface area (Å²) in [5.41, 5.74) is 6.96. The van der Waals surface area contributed by atoms with Crippen LogP contribution < -0.4 is 10.6 Å². The Morgan fingerprint density at radius 3 is 2.52 bits per heavy atom. The van der Waals surface area contributed by atoms with Gasteiger partial charge in [-0.05, 0) is 47.5 Å². The minimum Gasteiger partial charge on any atom is -0.368 e. The predicted molar refractivity (Wildman–Crippen MR) is 126 cm³/mol. The highest BCUT2D eigenvalue weighted by molar-refractivity contribution is 6.30. The van der Waals surface area contributed by atoms with Gasteiger partial charge in [-0.2, -0.15) is 5.26 Å². The second kappa shape index (κ2) is 7.88. The topological polar surface area (TPSA) is 100 Å². The first-order valence-electron chi connectivity index (χ1n) is 10.5. The summed E-state index contributed by atoms with van der Waals surface area (Å²) < 4.78 is 0. The van der Waals surface area contributed by atoms with E-state index in [2.05, 4.69) is 11.1 Å². The molecular weight excluding hydrogens is 436 g/mol. The number of fused-ring (bicyclic) bond motifs is 3. The fraction of sp³-hybridized carbons (Fsp3) is 0.154. The summed E-state index contributed by atoms with van der Waals surface area (Å²) >= 11 is 6.04. The fourth-order valence-corrected chi connectivity index (χ4v) is 5.27. The number of benzene rings is 2. The van der Waals surface area contributed by atoms with E-state index in [0.29, 0.717) is 16.1 Å². The molecule has 3 aromatic rings. The van der Waals surface area contributed by atoms with Crippen molar-refractivity contribution in [3.8, 4) is 6.07 Å². The molecule has 3 heterocycles. The number of carbonyl (C=O) groups is 2. The van der Waals surface area contributed by atoms with Crippen molar-refractivity contribution in [1.82, 2.24) is 4.98 Å². The van der Waals surface area contributed by atoms with Gasteiger partial charge in [0.25, 0.3) is 0 Å². The molecule has 1 fully saturated rings. The minimum absolute atomic E-state index is 0.228. The van der Waals surface area contributed by atoms with E-state index in [9.17, 15) is 14.9 Å². The number of anilines is 1. The molecule has 2 aromatic carbocycles. The summed E-state index contributed by atoms with van der Waals surface area (Å²) in [7, 11) is 0. The Kier molecular flexibility index (Phi) is 4.99. The first-order chi connectivity index (χ1) is 16.0. The first kappa shape index (κ1) is 20.9. The van der Waals surface area contributed by atoms with Crippen LogP contribution >= 0.6 is 11.6 Å². The molecular formula is C26H19ClN4O2. The Bertz CT molecular complexity index is 1320. The summed E-state index contributed by atoms with van der Waals surface area (Å²) in [5.74, 6) is -1.84. The van der Waals surface area contributed by atoms with E-state index in [1.807, 2.05) is 35.2 Å². The average molecular weight is 455 g/mol. The molecule has 0 bridgehead atoms. The fourth-order valence-electron chi connectivity index (χ4n) is 5.15. The van der Waals surface area contributed by atoms with Crippen molar-refractivity contribution >= 4 is 35.1 Å². The van der Waals surface area contributed by atoms with Gasteiger partial charge in [0, 0.05) is 34.6 Å². The molecule has 0 saturated carbocycles. The van der Waals surface area contributed by atoms with E-state index in [0.717, 1.165) is 11.3 Å². The summed E-state index contributed by atoms with van der Waals surface area (Å²) in [4.78, 5) is 33.2. The van der Waals surface area contributed by atoms with Crippen LogP contribution in [-0.2, 0) is 4.79 Å². The van der Waals surface area contributed by atoms with Crippen molar-refractivity contribution in [3.05, 3.63) is 101 Å². The summed E-state index contributed by atoms with van der Waals surface area (Å²) in [6.07, 6.45) is 6.88. The smallest absolute Gasteiger partial charge is 0.241 e. The number of nitrogens with two attached hydrogens (primary N) is 1. The molecule has 33 heavy (non-hydrogen) atoms. The van der Waals surface area contributed by atoms with Crippen LogP contribution in [0.15, 0.2) is 79.1 Å². The van der Waals surface area contributed by atoms with Gasteiger partial charge >= 0.3 is 0 Å². The molecule has 0 spiro atoms. The van der Waals surface area contributed by atoms with Gasteiger partial charge < -0.3 is 10.6 Å². The first-order valence-corrected chi connectivity index (χ1v) is 10.8. The Morgan fingerprint density at radius 1 is 1.09 bits per heavy atom. The van der Waals surface area contributed by atoms with Crippen LogP contribution in [0, 0.1) is 16.7 Å². The number of carbonyl (C=O) groups excluding carboxylic acids is 2. The predicted octanol–water partition coefficient (Wildman–Crippen LogP) is 3.98. The molecule has 2 aliphatic rings. The van der Waals surface area contributed by atoms with Gasteiger partial charge in [-0.1, -0.05) is 48.0 Å². The highest BCUT2D eigenvalue weighted by Crippen LogP contribution is 2.55. The number of aromatic nitrogens is 1. The number of pyridine rings is 1. The van der Waals surface area contributed by atoms with Crippen molar-refractivity contribution in [1.29, 1.82) is 5.26 Å². The summed E-state index contributed by atoms with van der Waals surface area (Å²) in [6.45, 7) is 0. The third-order valence-electron chi connectivity index (χ3n) is 6.58. The van der Waals surface area contributed by atoms with Crippen molar-refractivity contribution in [3.63, 3.8) is 0 Å². The quantitative estimate of drug-likeness (QED) is 0.601. The van der Waals surface area contributed by atoms with Crippen LogP contribution in [0.1, 0.15) is 27.4 Å². The highest BCUT2D eigenvalue weighted by atomic mass is 35.5. The van der Waals surface area contributed by atoms with Gasteiger partial charge in [-0.15, -0.1) is 0 Å². The Morgan fingerprint density at radius 2 is 1.85 bits per heavy atom. The van der Waals surface area contributed by atoms with Crippen LogP contribution in [-0.4, -0.2) is 28.8 Å². The number of amides is 1. The zero-order valence-corrected chi connectivity index (χ0v) is 18.2. The zero-order valence-electron chi connectivity index (χ0n) is 17.4. The second-order valence-corrected chi connectivity index (χ2v) is 8.63. The molecule has 5 rings (SSSR count). The zero-order chi connectivity index (χ0) is 23.2. The van der Waals surface area contributed by atoms with Gasteiger partial charge in [0.05, 0.1) is 12.1 Å². The van der Waals surface area contributed by atoms with E-state index >= 15 is 0 Å². The van der Waals surface area contributed by atoms with Crippen LogP contribution in [0.25, 0.3) is 6.08 Å². The van der Waals surface area contributed by atoms with E-state index in [4.69, 9.17) is 17.3 Å². The number of hydrogen-bond donors (Lipinski definition) is 1. The number of ketones is 1. The lowest BCUT2D eigenvalue weighted by Crippen LogP contribution is -2.49. The third kappa shape index (κ3) is 3.05. The maximum absolute atomic E-state index is 14.0. The SMILES string of the molecule is N#C[C@]1(C(N)=O)[C@H](c2cccnc2)[C@H](C(=O)c2ccc(Cl)cc2)N2c3ccccc3C=C[C@H]21. The monoisotopic (exact) mass is 454 g/mol. The number of para-hydroxylation sites is 1. The molecule has 2 aliphatic heterocycles. The van der Waals surface area contributed by atoms with Gasteiger partial charge in [0.1, 0.15) is 6.04 Å². The Hall–Kier alpha value is -3.95. The van der Waals surface area contributed by atoms with E-state index in [-0.39, 0.29) is 5.78 Å². The molecule has 0 aliphatic carbocycles. The summed E-state index contributed by atoms with van der Waals surface area (Å²) in [5, 5.41) is 11.0. The maximum Gasteiger partial charge on any atom is 0.241 e. The van der Waals surface area contributed by atoms with Gasteiger partial charge in [0.15, 0.2) is 11.2 Å². The summed E-state index contributed by atoms with van der Waals surface area (Å²) in [6, 6.07) is 18.4. The second-order valence-electron chi connectivity index (χ2n) is 8.20. The molecule has 4 atom stereocenters. The number of nitrogens with zero attached hydrogens (tertiary/aromatic N) is 3. The van der Waals surface area contributed by atoms with Crippen LogP contribution in [0.2, 0.25) is 5.02 Å². The third-order valence-corrected chi connectivity index (χ3v) is 6.83. The van der Waals surface area contributed by atoms with E-state index in [1.165, 1.54) is 0 Å². The van der Waals surface area contributed by atoms with Crippen LogP contribution in [0.4, 0.5) is 5.69 Å². The number of nitriles is 1. The van der Waals surface area contributed by atoms with Crippen molar-refractivity contribution in [2.45, 2.75) is 18.0 Å². The molecule has 1 amide bonds. The average Bonchev–Trinajstić information content (AvgIpc) is 3.16. The van der Waals surface area contributed by atoms with Crippen LogP contribution in [0.3, 0.4) is 0 Å². The lowest BCUT2D eigenvalue weighted by Gasteiger charge is -2.36. The van der Waals surface area contributed by atoms with Gasteiger partial charge in [0.2, 0.25) is 5.91 Å². The normalized spacial score (nSPS) is 25.1. The van der Waals surface area contributed by atoms with E-state index < -0.39 is 29.3 Å². The van der Waals surface area contributed by atoms with Crippen molar-refractivity contribution in [2.24, 2.45) is 11.1 Å². The number of rotatable bonds is 4. The highest BCUT2D eigenvalue weighted by Gasteiger charge is 2.65. The largest absolute Gasteiger partial charge is 0.368 e. The van der Waals surface area contributed by atoms with E-state index in [1.54, 1.807) is 54.9 Å². The van der Waals surface area contributed by atoms with Crippen molar-refractivity contribution < 1.29 is 9.59 Å². The van der Waals surface area contributed by atoms with Gasteiger partial charge in [-0.25, -0.2) is 0 Å².